The average Bonchev–Trinajstić information content (AvgIpc) is 2.72. The lowest BCUT2D eigenvalue weighted by Gasteiger charge is -2.34. The van der Waals surface area contributed by atoms with Gasteiger partial charge in [0.25, 0.3) is 5.91 Å². The lowest BCUT2D eigenvalue weighted by molar-refractivity contribution is 0.0945. The van der Waals surface area contributed by atoms with E-state index < -0.39 is 0 Å². The van der Waals surface area contributed by atoms with E-state index in [1.54, 1.807) is 19.4 Å². The van der Waals surface area contributed by atoms with Gasteiger partial charge in [0.1, 0.15) is 11.4 Å². The van der Waals surface area contributed by atoms with Gasteiger partial charge in [-0.3, -0.25) is 4.79 Å². The number of benzene rings is 1. The molecule has 1 N–H and O–H groups in total. The maximum absolute atomic E-state index is 12.5. The topological polar surface area (TPSA) is 70.6 Å². The fourth-order valence-electron chi connectivity index (χ4n) is 3.01. The summed E-state index contributed by atoms with van der Waals surface area (Å²) in [5, 5.41) is 2.90. The molecule has 0 aliphatic carbocycles. The average molecular weight is 355 g/mol. The standard InChI is InChI=1S/C19H25N5O2/c1-3-23-10-12-24(13-11-23)19-20-9-8-16(22-19)18(25)21-14-15-6-4-5-7-17(15)26-2/h4-9H,3,10-14H2,1-2H3,(H,21,25). The van der Waals surface area contributed by atoms with Gasteiger partial charge in [-0.25, -0.2) is 9.97 Å². The van der Waals surface area contributed by atoms with Crippen molar-refractivity contribution in [1.82, 2.24) is 20.2 Å². The summed E-state index contributed by atoms with van der Waals surface area (Å²) in [7, 11) is 1.62. The highest BCUT2D eigenvalue weighted by molar-refractivity contribution is 5.92. The van der Waals surface area contributed by atoms with Crippen molar-refractivity contribution >= 4 is 11.9 Å². The van der Waals surface area contributed by atoms with E-state index in [2.05, 4.69) is 32.0 Å². The summed E-state index contributed by atoms with van der Waals surface area (Å²) in [6, 6.07) is 9.27. The van der Waals surface area contributed by atoms with Gasteiger partial charge in [-0.05, 0) is 18.7 Å². The molecule has 1 amide bonds. The second-order valence-electron chi connectivity index (χ2n) is 6.16. The van der Waals surface area contributed by atoms with Crippen LogP contribution in [0.15, 0.2) is 36.5 Å². The molecule has 0 saturated carbocycles. The lowest BCUT2D eigenvalue weighted by atomic mass is 10.2. The molecular formula is C19H25N5O2. The highest BCUT2D eigenvalue weighted by atomic mass is 16.5. The van der Waals surface area contributed by atoms with Crippen molar-refractivity contribution in [2.75, 3.05) is 44.7 Å². The fourth-order valence-corrected chi connectivity index (χ4v) is 3.01. The number of piperazine rings is 1. The fraction of sp³-hybridized carbons (Fsp3) is 0.421. The van der Waals surface area contributed by atoms with Crippen LogP contribution in [0.25, 0.3) is 0 Å². The molecule has 1 aliphatic heterocycles. The first kappa shape index (κ1) is 18.1. The van der Waals surface area contributed by atoms with E-state index in [1.807, 2.05) is 24.3 Å². The Bertz CT molecular complexity index is 744. The molecule has 3 rings (SSSR count). The number of carbonyl (C=O) groups is 1. The molecular weight excluding hydrogens is 330 g/mol. The number of amides is 1. The predicted molar refractivity (Wildman–Crippen MR) is 101 cm³/mol. The van der Waals surface area contributed by atoms with Crippen molar-refractivity contribution in [3.05, 3.63) is 47.8 Å². The Kier molecular flexibility index (Phi) is 6.01. The van der Waals surface area contributed by atoms with Crippen LogP contribution in [-0.2, 0) is 6.54 Å². The summed E-state index contributed by atoms with van der Waals surface area (Å²) in [5.41, 5.74) is 1.30. The third kappa shape index (κ3) is 4.29. The van der Waals surface area contributed by atoms with E-state index in [0.717, 1.165) is 44.0 Å². The Hall–Kier alpha value is -2.67. The third-order valence-electron chi connectivity index (χ3n) is 4.61. The number of nitrogens with zero attached hydrogens (tertiary/aromatic N) is 4. The molecule has 2 heterocycles. The second-order valence-corrected chi connectivity index (χ2v) is 6.16. The summed E-state index contributed by atoms with van der Waals surface area (Å²) in [6.45, 7) is 7.34. The summed E-state index contributed by atoms with van der Waals surface area (Å²) in [5.74, 6) is 1.16. The Morgan fingerprint density at radius 2 is 1.96 bits per heavy atom. The van der Waals surface area contributed by atoms with E-state index in [0.29, 0.717) is 18.2 Å². The van der Waals surface area contributed by atoms with Gasteiger partial charge >= 0.3 is 0 Å². The quantitative estimate of drug-likeness (QED) is 0.848. The van der Waals surface area contributed by atoms with Crippen molar-refractivity contribution in [2.45, 2.75) is 13.5 Å². The first-order chi connectivity index (χ1) is 12.7. The number of aromatic nitrogens is 2. The van der Waals surface area contributed by atoms with Crippen molar-refractivity contribution in [2.24, 2.45) is 0 Å². The number of anilines is 1. The maximum atomic E-state index is 12.5. The number of hydrogen-bond donors (Lipinski definition) is 1. The maximum Gasteiger partial charge on any atom is 0.270 e. The Morgan fingerprint density at radius 3 is 2.69 bits per heavy atom. The largest absolute Gasteiger partial charge is 0.496 e. The number of hydrogen-bond acceptors (Lipinski definition) is 6. The van der Waals surface area contributed by atoms with E-state index >= 15 is 0 Å². The van der Waals surface area contributed by atoms with E-state index in [4.69, 9.17) is 4.74 Å². The molecule has 0 spiro atoms. The van der Waals surface area contributed by atoms with Crippen LogP contribution in [0.5, 0.6) is 5.75 Å². The number of nitrogens with one attached hydrogen (secondary N) is 1. The highest BCUT2D eigenvalue weighted by Crippen LogP contribution is 2.17. The SMILES string of the molecule is CCN1CCN(c2nccc(C(=O)NCc3ccccc3OC)n2)CC1. The van der Waals surface area contributed by atoms with Crippen LogP contribution in [0.1, 0.15) is 23.0 Å². The predicted octanol–water partition coefficient (Wildman–Crippen LogP) is 1.56. The highest BCUT2D eigenvalue weighted by Gasteiger charge is 2.19. The summed E-state index contributed by atoms with van der Waals surface area (Å²) in [4.78, 5) is 25.8. The van der Waals surface area contributed by atoms with Gasteiger partial charge in [0.05, 0.1) is 7.11 Å². The first-order valence-electron chi connectivity index (χ1n) is 8.91. The molecule has 1 aliphatic rings. The lowest BCUT2D eigenvalue weighted by Crippen LogP contribution is -2.46. The number of ether oxygens (including phenoxy) is 1. The van der Waals surface area contributed by atoms with Gasteiger partial charge in [0.15, 0.2) is 0 Å². The third-order valence-corrected chi connectivity index (χ3v) is 4.61. The number of carbonyl (C=O) groups excluding carboxylic acids is 1. The van der Waals surface area contributed by atoms with Crippen LogP contribution in [0, 0.1) is 0 Å². The Balaban J connectivity index is 1.63. The summed E-state index contributed by atoms with van der Waals surface area (Å²) < 4.78 is 5.31. The van der Waals surface area contributed by atoms with E-state index in [9.17, 15) is 4.79 Å². The minimum atomic E-state index is -0.216. The zero-order chi connectivity index (χ0) is 18.4. The Labute approximate surface area is 154 Å². The van der Waals surface area contributed by atoms with Gasteiger partial charge in [-0.15, -0.1) is 0 Å². The molecule has 2 aromatic rings. The monoisotopic (exact) mass is 355 g/mol. The van der Waals surface area contributed by atoms with Gasteiger partial charge in [-0.1, -0.05) is 25.1 Å². The molecule has 138 valence electrons. The zero-order valence-electron chi connectivity index (χ0n) is 15.3. The number of para-hydroxylation sites is 1. The van der Waals surface area contributed by atoms with Crippen LogP contribution in [0.2, 0.25) is 0 Å². The van der Waals surface area contributed by atoms with Gasteiger partial charge in [0, 0.05) is 44.5 Å². The van der Waals surface area contributed by atoms with Crippen LogP contribution < -0.4 is 15.0 Å². The molecule has 7 nitrogen and oxygen atoms in total. The van der Waals surface area contributed by atoms with Gasteiger partial charge in [0.2, 0.25) is 5.95 Å². The number of methoxy groups -OCH3 is 1. The molecule has 1 aromatic carbocycles. The molecule has 1 saturated heterocycles. The Morgan fingerprint density at radius 1 is 1.19 bits per heavy atom. The number of likely N-dealkylation sites (N-methyl/N-ethyl adjacent to an activating group) is 1. The zero-order valence-corrected chi connectivity index (χ0v) is 15.3. The molecule has 0 unspecified atom stereocenters. The van der Waals surface area contributed by atoms with Gasteiger partial charge < -0.3 is 19.9 Å². The number of rotatable bonds is 6. The molecule has 1 aromatic heterocycles. The van der Waals surface area contributed by atoms with Crippen molar-refractivity contribution < 1.29 is 9.53 Å². The molecule has 26 heavy (non-hydrogen) atoms. The van der Waals surface area contributed by atoms with Gasteiger partial charge in [-0.2, -0.15) is 0 Å². The normalized spacial score (nSPS) is 14.9. The van der Waals surface area contributed by atoms with Crippen molar-refractivity contribution in [3.8, 4) is 5.75 Å². The van der Waals surface area contributed by atoms with Crippen LogP contribution in [0.3, 0.4) is 0 Å². The van der Waals surface area contributed by atoms with E-state index in [-0.39, 0.29) is 5.91 Å². The molecule has 0 bridgehead atoms. The molecule has 0 radical (unpaired) electrons. The molecule has 7 heteroatoms. The first-order valence-corrected chi connectivity index (χ1v) is 8.91. The summed E-state index contributed by atoms with van der Waals surface area (Å²) >= 11 is 0. The van der Waals surface area contributed by atoms with Crippen LogP contribution in [-0.4, -0.2) is 60.6 Å². The minimum Gasteiger partial charge on any atom is -0.496 e. The van der Waals surface area contributed by atoms with Crippen molar-refractivity contribution in [1.29, 1.82) is 0 Å². The smallest absolute Gasteiger partial charge is 0.270 e. The molecule has 0 atom stereocenters. The van der Waals surface area contributed by atoms with E-state index in [1.165, 1.54) is 0 Å². The van der Waals surface area contributed by atoms with Crippen LogP contribution in [0.4, 0.5) is 5.95 Å². The van der Waals surface area contributed by atoms with Crippen molar-refractivity contribution in [3.63, 3.8) is 0 Å². The molecule has 1 fully saturated rings. The van der Waals surface area contributed by atoms with Crippen LogP contribution >= 0.6 is 0 Å². The minimum absolute atomic E-state index is 0.216. The second kappa shape index (κ2) is 8.62. The summed E-state index contributed by atoms with van der Waals surface area (Å²) in [6.07, 6.45) is 1.65.